The number of hydrogen-bond acceptors (Lipinski definition) is 2. The van der Waals surface area contributed by atoms with Gasteiger partial charge in [-0.3, -0.25) is 0 Å². The Hall–Kier alpha value is -0.890. The van der Waals surface area contributed by atoms with Gasteiger partial charge in [0.25, 0.3) is 0 Å². The van der Waals surface area contributed by atoms with Crippen molar-refractivity contribution in [2.75, 3.05) is 11.5 Å². The van der Waals surface area contributed by atoms with Crippen LogP contribution in [0, 0.1) is 6.92 Å². The zero-order chi connectivity index (χ0) is 9.68. The van der Waals surface area contributed by atoms with Crippen LogP contribution < -0.4 is 5.73 Å². The van der Waals surface area contributed by atoms with E-state index in [4.69, 9.17) is 5.73 Å². The highest BCUT2D eigenvalue weighted by atomic mass is 32.2. The molecule has 1 rings (SSSR count). The minimum absolute atomic E-state index is 0.884. The third-order valence-corrected chi connectivity index (χ3v) is 2.78. The van der Waals surface area contributed by atoms with Crippen molar-refractivity contribution in [3.8, 4) is 0 Å². The Labute approximate surface area is 84.0 Å². The van der Waals surface area contributed by atoms with Gasteiger partial charge in [0.2, 0.25) is 0 Å². The molecule has 2 heteroatoms. The monoisotopic (exact) mass is 193 g/mol. The van der Waals surface area contributed by atoms with Crippen molar-refractivity contribution in [3.05, 3.63) is 35.9 Å². The first-order chi connectivity index (χ1) is 6.24. The molecule has 0 spiro atoms. The summed E-state index contributed by atoms with van der Waals surface area (Å²) in [6, 6.07) is 6.19. The second-order valence-electron chi connectivity index (χ2n) is 2.92. The molecule has 0 aromatic heterocycles. The Balaban J connectivity index is 2.66. The fourth-order valence-corrected chi connectivity index (χ4v) is 1.89. The second kappa shape index (κ2) is 4.97. The van der Waals surface area contributed by atoms with E-state index in [-0.39, 0.29) is 0 Å². The minimum atomic E-state index is 0.884. The molecule has 2 N–H and O–H groups in total. The van der Waals surface area contributed by atoms with Crippen LogP contribution in [0.15, 0.2) is 35.2 Å². The average Bonchev–Trinajstić information content (AvgIpc) is 2.09. The summed E-state index contributed by atoms with van der Waals surface area (Å²) >= 11 is 1.77. The van der Waals surface area contributed by atoms with Crippen LogP contribution in [0.5, 0.6) is 0 Å². The maximum absolute atomic E-state index is 5.86. The number of nitrogens with two attached hydrogens (primary N) is 1. The van der Waals surface area contributed by atoms with Gasteiger partial charge < -0.3 is 5.73 Å². The molecule has 0 radical (unpaired) electrons. The molecule has 0 aliphatic rings. The van der Waals surface area contributed by atoms with Crippen molar-refractivity contribution in [3.63, 3.8) is 0 Å². The molecular weight excluding hydrogens is 178 g/mol. The van der Waals surface area contributed by atoms with E-state index in [0.717, 1.165) is 11.4 Å². The van der Waals surface area contributed by atoms with Crippen molar-refractivity contribution >= 4 is 17.4 Å². The molecule has 0 aliphatic carbocycles. The molecule has 0 heterocycles. The van der Waals surface area contributed by atoms with E-state index in [2.05, 4.69) is 31.2 Å². The van der Waals surface area contributed by atoms with E-state index >= 15 is 0 Å². The molecule has 1 nitrogen and oxygen atoms in total. The molecule has 0 saturated carbocycles. The molecule has 0 amide bonds. The van der Waals surface area contributed by atoms with E-state index in [1.165, 1.54) is 10.5 Å². The Morgan fingerprint density at radius 2 is 2.23 bits per heavy atom. The Morgan fingerprint density at radius 1 is 1.46 bits per heavy atom. The summed E-state index contributed by atoms with van der Waals surface area (Å²) in [5.74, 6) is 0.990. The van der Waals surface area contributed by atoms with E-state index < -0.39 is 0 Å². The van der Waals surface area contributed by atoms with Crippen molar-refractivity contribution in [2.24, 2.45) is 0 Å². The minimum Gasteiger partial charge on any atom is -0.398 e. The fourth-order valence-electron chi connectivity index (χ4n) is 1.03. The quantitative estimate of drug-likeness (QED) is 0.453. The fraction of sp³-hybridized carbons (Fsp3) is 0.273. The summed E-state index contributed by atoms with van der Waals surface area (Å²) in [4.78, 5) is 1.17. The van der Waals surface area contributed by atoms with Gasteiger partial charge in [-0.25, -0.2) is 0 Å². The van der Waals surface area contributed by atoms with Crippen LogP contribution in [0.4, 0.5) is 5.69 Å². The summed E-state index contributed by atoms with van der Waals surface area (Å²) in [5, 5.41) is 0. The van der Waals surface area contributed by atoms with Gasteiger partial charge in [-0.05, 0) is 31.5 Å². The number of allylic oxidation sites excluding steroid dienone is 1. The Kier molecular flexibility index (Phi) is 3.90. The Bertz CT molecular complexity index is 305. The SMILES string of the molecule is C/C=C/CSc1ccc(C)cc1N. The summed E-state index contributed by atoms with van der Waals surface area (Å²) in [6.45, 7) is 4.08. The maximum Gasteiger partial charge on any atom is 0.0454 e. The third-order valence-electron chi connectivity index (χ3n) is 1.74. The van der Waals surface area contributed by atoms with Crippen LogP contribution in [-0.2, 0) is 0 Å². The van der Waals surface area contributed by atoms with E-state index in [1.807, 2.05) is 13.0 Å². The molecule has 1 aromatic carbocycles. The number of aryl methyl sites for hydroxylation is 1. The summed E-state index contributed by atoms with van der Waals surface area (Å²) in [5.41, 5.74) is 7.96. The van der Waals surface area contributed by atoms with Gasteiger partial charge in [0.1, 0.15) is 0 Å². The van der Waals surface area contributed by atoms with Gasteiger partial charge in [-0.2, -0.15) is 0 Å². The van der Waals surface area contributed by atoms with Crippen LogP contribution >= 0.6 is 11.8 Å². The molecule has 13 heavy (non-hydrogen) atoms. The largest absolute Gasteiger partial charge is 0.398 e. The smallest absolute Gasteiger partial charge is 0.0454 e. The summed E-state index contributed by atoms with van der Waals surface area (Å²) in [6.07, 6.45) is 4.18. The lowest BCUT2D eigenvalue weighted by Crippen LogP contribution is -1.89. The number of rotatable bonds is 3. The molecular formula is C11H15NS. The zero-order valence-electron chi connectivity index (χ0n) is 8.08. The molecule has 0 fully saturated rings. The molecule has 0 aliphatic heterocycles. The zero-order valence-corrected chi connectivity index (χ0v) is 8.90. The molecule has 70 valence electrons. The van der Waals surface area contributed by atoms with Gasteiger partial charge in [0.05, 0.1) is 0 Å². The van der Waals surface area contributed by atoms with Gasteiger partial charge in [0.15, 0.2) is 0 Å². The number of benzene rings is 1. The summed E-state index contributed by atoms with van der Waals surface area (Å²) < 4.78 is 0. The lowest BCUT2D eigenvalue weighted by Gasteiger charge is -2.03. The van der Waals surface area contributed by atoms with E-state index in [1.54, 1.807) is 11.8 Å². The predicted octanol–water partition coefficient (Wildman–Crippen LogP) is 3.25. The van der Waals surface area contributed by atoms with Crippen LogP contribution in [0.3, 0.4) is 0 Å². The topological polar surface area (TPSA) is 26.0 Å². The van der Waals surface area contributed by atoms with Crippen LogP contribution in [0.1, 0.15) is 12.5 Å². The molecule has 0 unspecified atom stereocenters. The molecule has 0 saturated heterocycles. The number of nitrogen functional groups attached to an aromatic ring is 1. The highest BCUT2D eigenvalue weighted by molar-refractivity contribution is 7.99. The highest BCUT2D eigenvalue weighted by Gasteiger charge is 1.97. The first-order valence-electron chi connectivity index (χ1n) is 4.34. The highest BCUT2D eigenvalue weighted by Crippen LogP contribution is 2.25. The van der Waals surface area contributed by atoms with Crippen molar-refractivity contribution < 1.29 is 0 Å². The maximum atomic E-state index is 5.86. The van der Waals surface area contributed by atoms with Crippen LogP contribution in [0.25, 0.3) is 0 Å². The second-order valence-corrected chi connectivity index (χ2v) is 3.98. The first kappa shape index (κ1) is 10.2. The van der Waals surface area contributed by atoms with E-state index in [0.29, 0.717) is 0 Å². The lowest BCUT2D eigenvalue weighted by molar-refractivity contribution is 1.38. The van der Waals surface area contributed by atoms with Crippen LogP contribution in [-0.4, -0.2) is 5.75 Å². The van der Waals surface area contributed by atoms with Crippen molar-refractivity contribution in [1.29, 1.82) is 0 Å². The number of anilines is 1. The summed E-state index contributed by atoms with van der Waals surface area (Å²) in [7, 11) is 0. The van der Waals surface area contributed by atoms with Gasteiger partial charge in [-0.15, -0.1) is 11.8 Å². The first-order valence-corrected chi connectivity index (χ1v) is 5.32. The number of hydrogen-bond donors (Lipinski definition) is 1. The number of thioether (sulfide) groups is 1. The molecule has 0 atom stereocenters. The predicted molar refractivity (Wildman–Crippen MR) is 61.1 cm³/mol. The van der Waals surface area contributed by atoms with Gasteiger partial charge in [-0.1, -0.05) is 18.2 Å². The Morgan fingerprint density at radius 3 is 2.85 bits per heavy atom. The normalized spacial score (nSPS) is 10.9. The standard InChI is InChI=1S/C11H15NS/c1-3-4-7-13-11-6-5-9(2)8-10(11)12/h3-6,8H,7,12H2,1-2H3/b4-3+. The van der Waals surface area contributed by atoms with Gasteiger partial charge >= 0.3 is 0 Å². The van der Waals surface area contributed by atoms with Crippen molar-refractivity contribution in [2.45, 2.75) is 18.7 Å². The lowest BCUT2D eigenvalue weighted by atomic mass is 10.2. The molecule has 0 bridgehead atoms. The third kappa shape index (κ3) is 3.15. The van der Waals surface area contributed by atoms with Crippen LogP contribution in [0.2, 0.25) is 0 Å². The average molecular weight is 193 g/mol. The van der Waals surface area contributed by atoms with E-state index in [9.17, 15) is 0 Å². The van der Waals surface area contributed by atoms with Gasteiger partial charge in [0, 0.05) is 16.3 Å². The molecule has 1 aromatic rings. The van der Waals surface area contributed by atoms with Crippen molar-refractivity contribution in [1.82, 2.24) is 0 Å².